The number of amides is 2. The maximum Gasteiger partial charge on any atom is 0.268 e. The molecular weight excluding hydrogens is 316 g/mol. The molecule has 2 N–H and O–H groups in total. The van der Waals surface area contributed by atoms with Gasteiger partial charge in [-0.05, 0) is 49.9 Å². The summed E-state index contributed by atoms with van der Waals surface area (Å²) in [5.41, 5.74) is 1.55. The van der Waals surface area contributed by atoms with E-state index in [0.717, 1.165) is 6.42 Å². The highest BCUT2D eigenvalue weighted by molar-refractivity contribution is 6.01. The molecule has 128 valence electrons. The SMILES string of the molecule is CC1(C)Oc2ccc(NC(=O)[C@@H]3C[C@@H]3c3ccccc3)cc2NC1=O. The van der Waals surface area contributed by atoms with Gasteiger partial charge in [0.15, 0.2) is 5.60 Å². The zero-order valence-corrected chi connectivity index (χ0v) is 14.2. The molecule has 0 spiro atoms. The summed E-state index contributed by atoms with van der Waals surface area (Å²) in [5.74, 6) is 0.717. The predicted molar refractivity (Wildman–Crippen MR) is 95.7 cm³/mol. The summed E-state index contributed by atoms with van der Waals surface area (Å²) >= 11 is 0. The molecule has 1 fully saturated rings. The first-order valence-electron chi connectivity index (χ1n) is 8.44. The van der Waals surface area contributed by atoms with Crippen LogP contribution in [0, 0.1) is 5.92 Å². The topological polar surface area (TPSA) is 67.4 Å². The van der Waals surface area contributed by atoms with E-state index in [2.05, 4.69) is 22.8 Å². The van der Waals surface area contributed by atoms with Crippen LogP contribution in [0.2, 0.25) is 0 Å². The van der Waals surface area contributed by atoms with E-state index in [1.165, 1.54) is 5.56 Å². The lowest BCUT2D eigenvalue weighted by Crippen LogP contribution is -2.45. The molecule has 4 rings (SSSR count). The van der Waals surface area contributed by atoms with Gasteiger partial charge in [0.05, 0.1) is 5.69 Å². The minimum absolute atomic E-state index is 0.00297. The van der Waals surface area contributed by atoms with Crippen LogP contribution in [0.1, 0.15) is 31.7 Å². The van der Waals surface area contributed by atoms with E-state index in [-0.39, 0.29) is 17.7 Å². The van der Waals surface area contributed by atoms with Crippen LogP contribution in [-0.2, 0) is 9.59 Å². The fourth-order valence-corrected chi connectivity index (χ4v) is 3.18. The second-order valence-electron chi connectivity index (χ2n) is 7.13. The molecule has 5 nitrogen and oxygen atoms in total. The molecule has 5 heteroatoms. The van der Waals surface area contributed by atoms with E-state index < -0.39 is 5.60 Å². The van der Waals surface area contributed by atoms with Crippen molar-refractivity contribution in [3.63, 3.8) is 0 Å². The van der Waals surface area contributed by atoms with Crippen molar-refractivity contribution in [3.05, 3.63) is 54.1 Å². The van der Waals surface area contributed by atoms with Crippen molar-refractivity contribution >= 4 is 23.2 Å². The van der Waals surface area contributed by atoms with Gasteiger partial charge in [-0.1, -0.05) is 30.3 Å². The third kappa shape index (κ3) is 2.97. The molecule has 0 saturated heterocycles. The van der Waals surface area contributed by atoms with Gasteiger partial charge in [0.25, 0.3) is 5.91 Å². The van der Waals surface area contributed by atoms with Crippen LogP contribution in [0.15, 0.2) is 48.5 Å². The van der Waals surface area contributed by atoms with Crippen molar-refractivity contribution in [2.24, 2.45) is 5.92 Å². The monoisotopic (exact) mass is 336 g/mol. The van der Waals surface area contributed by atoms with Gasteiger partial charge in [-0.2, -0.15) is 0 Å². The molecule has 0 unspecified atom stereocenters. The molecule has 25 heavy (non-hydrogen) atoms. The van der Waals surface area contributed by atoms with Crippen LogP contribution in [0.4, 0.5) is 11.4 Å². The molecule has 0 radical (unpaired) electrons. The Balaban J connectivity index is 1.45. The smallest absolute Gasteiger partial charge is 0.268 e. The van der Waals surface area contributed by atoms with E-state index in [9.17, 15) is 9.59 Å². The zero-order valence-electron chi connectivity index (χ0n) is 14.2. The first kappa shape index (κ1) is 15.7. The van der Waals surface area contributed by atoms with Gasteiger partial charge in [0.1, 0.15) is 5.75 Å². The average molecular weight is 336 g/mol. The van der Waals surface area contributed by atoms with Crippen LogP contribution in [0.3, 0.4) is 0 Å². The Morgan fingerprint density at radius 2 is 1.96 bits per heavy atom. The Kier molecular flexibility index (Phi) is 3.53. The molecule has 2 aliphatic rings. The fraction of sp³-hybridized carbons (Fsp3) is 0.300. The summed E-state index contributed by atoms with van der Waals surface area (Å²) < 4.78 is 5.70. The number of hydrogen-bond donors (Lipinski definition) is 2. The number of carbonyl (C=O) groups is 2. The third-order valence-corrected chi connectivity index (χ3v) is 4.76. The van der Waals surface area contributed by atoms with Crippen molar-refractivity contribution in [2.45, 2.75) is 31.8 Å². The van der Waals surface area contributed by atoms with Crippen molar-refractivity contribution in [2.75, 3.05) is 10.6 Å². The normalized spacial score (nSPS) is 23.0. The second kappa shape index (κ2) is 5.62. The largest absolute Gasteiger partial charge is 0.476 e. The van der Waals surface area contributed by atoms with E-state index in [1.807, 2.05) is 18.2 Å². The Hall–Kier alpha value is -2.82. The molecule has 1 heterocycles. The van der Waals surface area contributed by atoms with Crippen LogP contribution in [0.25, 0.3) is 0 Å². The number of ether oxygens (including phenoxy) is 1. The maximum absolute atomic E-state index is 12.5. The lowest BCUT2D eigenvalue weighted by atomic mass is 10.1. The molecule has 1 saturated carbocycles. The molecule has 1 aliphatic carbocycles. The molecule has 0 bridgehead atoms. The number of anilines is 2. The van der Waals surface area contributed by atoms with Crippen molar-refractivity contribution in [3.8, 4) is 5.75 Å². The van der Waals surface area contributed by atoms with Crippen molar-refractivity contribution in [1.29, 1.82) is 0 Å². The van der Waals surface area contributed by atoms with Gasteiger partial charge in [0.2, 0.25) is 5.91 Å². The summed E-state index contributed by atoms with van der Waals surface area (Å²) in [6, 6.07) is 15.4. The van der Waals surface area contributed by atoms with Gasteiger partial charge < -0.3 is 15.4 Å². The summed E-state index contributed by atoms with van der Waals surface area (Å²) in [4.78, 5) is 24.5. The number of benzene rings is 2. The Morgan fingerprint density at radius 3 is 2.72 bits per heavy atom. The number of rotatable bonds is 3. The molecule has 2 amide bonds. The quantitative estimate of drug-likeness (QED) is 0.901. The minimum Gasteiger partial charge on any atom is -0.476 e. The summed E-state index contributed by atoms with van der Waals surface area (Å²) in [6.45, 7) is 3.44. The Labute approximate surface area is 146 Å². The first-order valence-corrected chi connectivity index (χ1v) is 8.44. The van der Waals surface area contributed by atoms with E-state index in [0.29, 0.717) is 23.0 Å². The summed E-state index contributed by atoms with van der Waals surface area (Å²) in [7, 11) is 0. The number of fused-ring (bicyclic) bond motifs is 1. The van der Waals surface area contributed by atoms with Gasteiger partial charge in [-0.25, -0.2) is 0 Å². The van der Waals surface area contributed by atoms with Gasteiger partial charge in [-0.3, -0.25) is 9.59 Å². The summed E-state index contributed by atoms with van der Waals surface area (Å²) in [5, 5.41) is 5.77. The lowest BCUT2D eigenvalue weighted by molar-refractivity contribution is -0.129. The average Bonchev–Trinajstić information content (AvgIpc) is 3.38. The van der Waals surface area contributed by atoms with Crippen LogP contribution in [0.5, 0.6) is 5.75 Å². The van der Waals surface area contributed by atoms with Crippen molar-refractivity contribution < 1.29 is 14.3 Å². The highest BCUT2D eigenvalue weighted by Gasteiger charge is 2.44. The lowest BCUT2D eigenvalue weighted by Gasteiger charge is -2.31. The number of nitrogens with one attached hydrogen (secondary N) is 2. The highest BCUT2D eigenvalue weighted by atomic mass is 16.5. The minimum atomic E-state index is -0.894. The van der Waals surface area contributed by atoms with Crippen LogP contribution >= 0.6 is 0 Å². The highest BCUT2D eigenvalue weighted by Crippen LogP contribution is 2.48. The van der Waals surface area contributed by atoms with Crippen LogP contribution < -0.4 is 15.4 Å². The fourth-order valence-electron chi connectivity index (χ4n) is 3.18. The third-order valence-electron chi connectivity index (χ3n) is 4.76. The predicted octanol–water partition coefficient (Wildman–Crippen LogP) is 3.54. The molecule has 0 aromatic heterocycles. The number of carbonyl (C=O) groups excluding carboxylic acids is 2. The molecule has 2 aromatic carbocycles. The standard InChI is InChI=1S/C20H20N2O3/c1-20(2)19(24)22-16-10-13(8-9-17(16)25-20)21-18(23)15-11-14(15)12-6-4-3-5-7-12/h3-10,14-15H,11H2,1-2H3,(H,21,23)(H,22,24)/t14-,15-/m1/s1. The van der Waals surface area contributed by atoms with Gasteiger partial charge in [0, 0.05) is 11.6 Å². The molecule has 1 aliphatic heterocycles. The van der Waals surface area contributed by atoms with E-state index in [1.54, 1.807) is 32.0 Å². The number of hydrogen-bond acceptors (Lipinski definition) is 3. The molecule has 2 aromatic rings. The van der Waals surface area contributed by atoms with Crippen molar-refractivity contribution in [1.82, 2.24) is 0 Å². The second-order valence-corrected chi connectivity index (χ2v) is 7.13. The van der Waals surface area contributed by atoms with E-state index >= 15 is 0 Å². The van der Waals surface area contributed by atoms with Crippen LogP contribution in [-0.4, -0.2) is 17.4 Å². The Morgan fingerprint density at radius 1 is 1.20 bits per heavy atom. The first-order chi connectivity index (χ1) is 11.9. The van der Waals surface area contributed by atoms with Gasteiger partial charge in [-0.15, -0.1) is 0 Å². The maximum atomic E-state index is 12.5. The Bertz CT molecular complexity index is 845. The van der Waals surface area contributed by atoms with E-state index in [4.69, 9.17) is 4.74 Å². The zero-order chi connectivity index (χ0) is 17.6. The molecular formula is C20H20N2O3. The molecule has 2 atom stereocenters. The van der Waals surface area contributed by atoms with Gasteiger partial charge >= 0.3 is 0 Å². The summed E-state index contributed by atoms with van der Waals surface area (Å²) in [6.07, 6.45) is 0.870.